The van der Waals surface area contributed by atoms with E-state index in [2.05, 4.69) is 45.7 Å². The lowest BCUT2D eigenvalue weighted by Crippen LogP contribution is -2.30. The number of hydrogen-bond donors (Lipinski definition) is 1. The molecule has 0 bridgehead atoms. The van der Waals surface area contributed by atoms with Crippen LogP contribution in [-0.2, 0) is 0 Å². The van der Waals surface area contributed by atoms with Crippen LogP contribution in [0.5, 0.6) is 5.75 Å². The fourth-order valence-corrected chi connectivity index (χ4v) is 2.68. The molecule has 0 spiro atoms. The molecule has 5 heteroatoms. The predicted molar refractivity (Wildman–Crippen MR) is 87.1 cm³/mol. The zero-order chi connectivity index (χ0) is 13.8. The first-order chi connectivity index (χ1) is 8.33. The van der Waals surface area contributed by atoms with Gasteiger partial charge in [-0.3, -0.25) is 0 Å². The Hall–Kier alpha value is -0.130. The van der Waals surface area contributed by atoms with Crippen LogP contribution in [0.15, 0.2) is 27.1 Å². The van der Waals surface area contributed by atoms with Crippen LogP contribution >= 0.6 is 44.1 Å². The molecule has 0 amide bonds. The Morgan fingerprint density at radius 2 is 2.06 bits per heavy atom. The van der Waals surface area contributed by atoms with Crippen molar-refractivity contribution in [2.24, 2.45) is 11.1 Å². The fourth-order valence-electron chi connectivity index (χ4n) is 1.41. The van der Waals surface area contributed by atoms with Crippen molar-refractivity contribution in [3.8, 4) is 5.75 Å². The summed E-state index contributed by atoms with van der Waals surface area (Å²) in [4.78, 5) is 0.562. The molecule has 1 rings (SSSR count). The summed E-state index contributed by atoms with van der Waals surface area (Å²) in [6.45, 7) is 4.78. The van der Waals surface area contributed by atoms with E-state index < -0.39 is 0 Å². The lowest BCUT2D eigenvalue weighted by Gasteiger charge is -2.22. The summed E-state index contributed by atoms with van der Waals surface area (Å²) in [6.07, 6.45) is 1.85. The van der Waals surface area contributed by atoms with Crippen LogP contribution in [0.3, 0.4) is 0 Å². The molecule has 1 aromatic rings. The monoisotopic (exact) mass is 393 g/mol. The molecular formula is C13H17Br2NOS. The van der Waals surface area contributed by atoms with Crippen molar-refractivity contribution >= 4 is 49.1 Å². The van der Waals surface area contributed by atoms with Crippen LogP contribution in [0.25, 0.3) is 0 Å². The molecule has 0 atom stereocenters. The number of hydrogen-bond acceptors (Lipinski definition) is 2. The molecule has 2 N–H and O–H groups in total. The Morgan fingerprint density at radius 1 is 1.39 bits per heavy atom. The minimum Gasteiger partial charge on any atom is -0.492 e. The highest BCUT2D eigenvalue weighted by molar-refractivity contribution is 9.11. The quantitative estimate of drug-likeness (QED) is 0.561. The zero-order valence-electron chi connectivity index (χ0n) is 10.5. The van der Waals surface area contributed by atoms with Gasteiger partial charge in [-0.25, -0.2) is 0 Å². The van der Waals surface area contributed by atoms with Gasteiger partial charge in [0.1, 0.15) is 5.75 Å². The molecule has 0 fully saturated rings. The largest absolute Gasteiger partial charge is 0.492 e. The predicted octanol–water partition coefficient (Wildman–Crippen LogP) is 4.68. The third-order valence-electron chi connectivity index (χ3n) is 2.76. The van der Waals surface area contributed by atoms with Crippen LogP contribution in [0.4, 0.5) is 0 Å². The topological polar surface area (TPSA) is 35.2 Å². The van der Waals surface area contributed by atoms with Crippen LogP contribution in [-0.4, -0.2) is 11.6 Å². The van der Waals surface area contributed by atoms with Crippen molar-refractivity contribution in [2.75, 3.05) is 6.61 Å². The van der Waals surface area contributed by atoms with Crippen molar-refractivity contribution in [2.45, 2.75) is 26.7 Å². The van der Waals surface area contributed by atoms with Gasteiger partial charge in [0.25, 0.3) is 0 Å². The van der Waals surface area contributed by atoms with Gasteiger partial charge in [0, 0.05) is 9.89 Å². The van der Waals surface area contributed by atoms with E-state index >= 15 is 0 Å². The van der Waals surface area contributed by atoms with E-state index in [1.807, 2.05) is 18.2 Å². The SMILES string of the molecule is CC(C)(CCCOc1ccc(Br)cc1Br)C(N)=S. The van der Waals surface area contributed by atoms with E-state index in [4.69, 9.17) is 22.7 Å². The Balaban J connectivity index is 2.41. The van der Waals surface area contributed by atoms with Crippen LogP contribution in [0.2, 0.25) is 0 Å². The van der Waals surface area contributed by atoms with Gasteiger partial charge in [0.15, 0.2) is 0 Å². The second-order valence-corrected chi connectivity index (χ2v) is 6.98. The van der Waals surface area contributed by atoms with E-state index in [-0.39, 0.29) is 5.41 Å². The standard InChI is InChI=1S/C13H17Br2NOS/c1-13(2,12(16)18)6-3-7-17-11-5-4-9(14)8-10(11)15/h4-5,8H,3,6-7H2,1-2H3,(H2,16,18). The number of thiocarbonyl (C=S) groups is 1. The number of benzene rings is 1. The lowest BCUT2D eigenvalue weighted by molar-refractivity contribution is 0.286. The van der Waals surface area contributed by atoms with Gasteiger partial charge in [-0.1, -0.05) is 42.0 Å². The molecule has 0 saturated heterocycles. The van der Waals surface area contributed by atoms with Crippen molar-refractivity contribution in [3.05, 3.63) is 27.1 Å². The molecule has 2 nitrogen and oxygen atoms in total. The highest BCUT2D eigenvalue weighted by atomic mass is 79.9. The van der Waals surface area contributed by atoms with E-state index in [0.717, 1.165) is 27.5 Å². The van der Waals surface area contributed by atoms with E-state index in [1.165, 1.54) is 0 Å². The minimum atomic E-state index is -0.102. The smallest absolute Gasteiger partial charge is 0.133 e. The molecule has 0 aliphatic heterocycles. The van der Waals surface area contributed by atoms with Crippen LogP contribution in [0, 0.1) is 5.41 Å². The number of ether oxygens (including phenoxy) is 1. The molecular weight excluding hydrogens is 378 g/mol. The van der Waals surface area contributed by atoms with Crippen molar-refractivity contribution in [3.63, 3.8) is 0 Å². The molecule has 0 heterocycles. The first-order valence-electron chi connectivity index (χ1n) is 5.71. The van der Waals surface area contributed by atoms with E-state index in [9.17, 15) is 0 Å². The van der Waals surface area contributed by atoms with Crippen molar-refractivity contribution in [1.29, 1.82) is 0 Å². The van der Waals surface area contributed by atoms with Gasteiger partial charge in [-0.05, 0) is 47.0 Å². The van der Waals surface area contributed by atoms with Gasteiger partial charge in [0.05, 0.1) is 16.1 Å². The van der Waals surface area contributed by atoms with Crippen molar-refractivity contribution < 1.29 is 4.74 Å². The molecule has 0 saturated carbocycles. The molecule has 0 radical (unpaired) electrons. The summed E-state index contributed by atoms with van der Waals surface area (Å²) in [7, 11) is 0. The maximum atomic E-state index is 5.72. The molecule has 100 valence electrons. The number of nitrogens with two attached hydrogens (primary N) is 1. The molecule has 0 aromatic heterocycles. The fraction of sp³-hybridized carbons (Fsp3) is 0.462. The van der Waals surface area contributed by atoms with E-state index in [1.54, 1.807) is 0 Å². The molecule has 0 aliphatic rings. The Morgan fingerprint density at radius 3 is 2.61 bits per heavy atom. The lowest BCUT2D eigenvalue weighted by atomic mass is 9.88. The van der Waals surface area contributed by atoms with E-state index in [0.29, 0.717) is 11.6 Å². The summed E-state index contributed by atoms with van der Waals surface area (Å²) in [5.74, 6) is 0.853. The Labute approximate surface area is 131 Å². The summed E-state index contributed by atoms with van der Waals surface area (Å²) in [5.41, 5.74) is 5.58. The molecule has 0 aliphatic carbocycles. The highest BCUT2D eigenvalue weighted by Crippen LogP contribution is 2.29. The maximum absolute atomic E-state index is 5.72. The second-order valence-electron chi connectivity index (χ2n) is 4.77. The summed E-state index contributed by atoms with van der Waals surface area (Å²) in [6, 6.07) is 5.86. The van der Waals surface area contributed by atoms with Gasteiger partial charge in [-0.2, -0.15) is 0 Å². The zero-order valence-corrected chi connectivity index (χ0v) is 14.5. The van der Waals surface area contributed by atoms with Crippen LogP contribution in [0.1, 0.15) is 26.7 Å². The summed E-state index contributed by atoms with van der Waals surface area (Å²) in [5, 5.41) is 0. The third-order valence-corrected chi connectivity index (χ3v) is 4.43. The summed E-state index contributed by atoms with van der Waals surface area (Å²) >= 11 is 11.9. The van der Waals surface area contributed by atoms with Crippen LogP contribution < -0.4 is 10.5 Å². The second kappa shape index (κ2) is 6.87. The Bertz CT molecular complexity index is 435. The van der Waals surface area contributed by atoms with Gasteiger partial charge < -0.3 is 10.5 Å². The summed E-state index contributed by atoms with van der Waals surface area (Å²) < 4.78 is 7.69. The average molecular weight is 395 g/mol. The third kappa shape index (κ3) is 4.86. The molecule has 1 aromatic carbocycles. The normalized spacial score (nSPS) is 11.3. The van der Waals surface area contributed by atoms with Gasteiger partial charge in [-0.15, -0.1) is 0 Å². The average Bonchev–Trinajstić information content (AvgIpc) is 2.26. The van der Waals surface area contributed by atoms with Gasteiger partial charge >= 0.3 is 0 Å². The Kier molecular flexibility index (Phi) is 6.08. The maximum Gasteiger partial charge on any atom is 0.133 e. The minimum absolute atomic E-state index is 0.102. The molecule has 0 unspecified atom stereocenters. The van der Waals surface area contributed by atoms with Crippen molar-refractivity contribution in [1.82, 2.24) is 0 Å². The van der Waals surface area contributed by atoms with Gasteiger partial charge in [0.2, 0.25) is 0 Å². The number of rotatable bonds is 6. The first-order valence-corrected chi connectivity index (χ1v) is 7.70. The number of halogens is 2. The molecule has 18 heavy (non-hydrogen) atoms. The highest BCUT2D eigenvalue weighted by Gasteiger charge is 2.20. The first kappa shape index (κ1) is 15.9.